The second kappa shape index (κ2) is 8.24. The van der Waals surface area contributed by atoms with Crippen molar-refractivity contribution in [3.63, 3.8) is 0 Å². The molecule has 2 aromatic carbocycles. The Hall–Kier alpha value is -3.45. The SMILES string of the molecule is Cc1nn(-c2ccccc2)c2ncc(C(=O)N3CCN(c4ccccc4F)CC3)c(Cl)c12. The number of para-hydroxylation sites is 2. The molecule has 0 aliphatic carbocycles. The van der Waals surface area contributed by atoms with Crippen LogP contribution in [0.5, 0.6) is 0 Å². The van der Waals surface area contributed by atoms with Crippen molar-refractivity contribution >= 4 is 34.2 Å². The van der Waals surface area contributed by atoms with E-state index >= 15 is 0 Å². The number of carbonyl (C=O) groups is 1. The fraction of sp³-hybridized carbons (Fsp3) is 0.208. The van der Waals surface area contributed by atoms with Gasteiger partial charge in [-0.25, -0.2) is 14.1 Å². The molecule has 1 aliphatic rings. The number of halogens is 2. The van der Waals surface area contributed by atoms with E-state index in [9.17, 15) is 9.18 Å². The largest absolute Gasteiger partial charge is 0.366 e. The van der Waals surface area contributed by atoms with Gasteiger partial charge in [-0.2, -0.15) is 5.10 Å². The molecule has 2 aromatic heterocycles. The Labute approximate surface area is 189 Å². The fourth-order valence-corrected chi connectivity index (χ4v) is 4.49. The first kappa shape index (κ1) is 20.5. The zero-order valence-corrected chi connectivity index (χ0v) is 18.3. The van der Waals surface area contributed by atoms with Gasteiger partial charge in [-0.15, -0.1) is 0 Å². The van der Waals surface area contributed by atoms with Gasteiger partial charge in [0.1, 0.15) is 5.82 Å². The zero-order valence-electron chi connectivity index (χ0n) is 17.5. The lowest BCUT2D eigenvalue weighted by Crippen LogP contribution is -2.49. The number of aryl methyl sites for hydroxylation is 1. The third-order valence-electron chi connectivity index (χ3n) is 5.80. The van der Waals surface area contributed by atoms with E-state index in [1.165, 1.54) is 12.3 Å². The van der Waals surface area contributed by atoms with E-state index in [2.05, 4.69) is 10.1 Å². The number of rotatable bonds is 3. The second-order valence-corrected chi connectivity index (χ2v) is 8.13. The lowest BCUT2D eigenvalue weighted by Gasteiger charge is -2.36. The average Bonchev–Trinajstić information content (AvgIpc) is 3.17. The Balaban J connectivity index is 1.41. The van der Waals surface area contributed by atoms with Crippen LogP contribution in [0.1, 0.15) is 16.1 Å². The molecule has 0 saturated carbocycles. The van der Waals surface area contributed by atoms with Gasteiger partial charge in [0.2, 0.25) is 0 Å². The summed E-state index contributed by atoms with van der Waals surface area (Å²) in [5.41, 5.74) is 3.11. The predicted octanol–water partition coefficient (Wildman–Crippen LogP) is 4.48. The molecule has 1 amide bonds. The van der Waals surface area contributed by atoms with Crippen LogP contribution in [0, 0.1) is 12.7 Å². The molecule has 4 aromatic rings. The van der Waals surface area contributed by atoms with Crippen LogP contribution >= 0.6 is 11.6 Å². The molecule has 32 heavy (non-hydrogen) atoms. The topological polar surface area (TPSA) is 54.3 Å². The van der Waals surface area contributed by atoms with Gasteiger partial charge in [-0.1, -0.05) is 41.9 Å². The van der Waals surface area contributed by atoms with E-state index in [0.29, 0.717) is 59.2 Å². The van der Waals surface area contributed by atoms with Gasteiger partial charge < -0.3 is 9.80 Å². The number of hydrogen-bond acceptors (Lipinski definition) is 4. The molecule has 0 spiro atoms. The summed E-state index contributed by atoms with van der Waals surface area (Å²) in [5, 5.41) is 5.62. The maximum Gasteiger partial charge on any atom is 0.257 e. The lowest BCUT2D eigenvalue weighted by molar-refractivity contribution is 0.0746. The normalized spacial score (nSPS) is 14.2. The Morgan fingerprint density at radius 2 is 1.69 bits per heavy atom. The highest BCUT2D eigenvalue weighted by molar-refractivity contribution is 6.38. The molecule has 0 N–H and O–H groups in total. The van der Waals surface area contributed by atoms with Crippen molar-refractivity contribution in [3.8, 4) is 5.69 Å². The number of benzene rings is 2. The van der Waals surface area contributed by atoms with Crippen LogP contribution in [0.2, 0.25) is 5.02 Å². The molecule has 5 rings (SSSR count). The van der Waals surface area contributed by atoms with Crippen molar-refractivity contribution in [2.75, 3.05) is 31.1 Å². The highest BCUT2D eigenvalue weighted by Crippen LogP contribution is 2.31. The van der Waals surface area contributed by atoms with Crippen molar-refractivity contribution in [1.82, 2.24) is 19.7 Å². The van der Waals surface area contributed by atoms with Gasteiger partial charge in [-0.05, 0) is 31.2 Å². The number of pyridine rings is 1. The van der Waals surface area contributed by atoms with Gasteiger partial charge in [0, 0.05) is 32.4 Å². The Morgan fingerprint density at radius 1 is 1.00 bits per heavy atom. The van der Waals surface area contributed by atoms with Gasteiger partial charge >= 0.3 is 0 Å². The van der Waals surface area contributed by atoms with Crippen LogP contribution in [0.15, 0.2) is 60.8 Å². The van der Waals surface area contributed by atoms with E-state index in [1.54, 1.807) is 21.7 Å². The summed E-state index contributed by atoms with van der Waals surface area (Å²) < 4.78 is 15.8. The predicted molar refractivity (Wildman–Crippen MR) is 123 cm³/mol. The third kappa shape index (κ3) is 3.48. The van der Waals surface area contributed by atoms with Crippen molar-refractivity contribution < 1.29 is 9.18 Å². The van der Waals surface area contributed by atoms with Gasteiger partial charge in [0.05, 0.1) is 33.0 Å². The zero-order chi connectivity index (χ0) is 22.2. The Morgan fingerprint density at radius 3 is 2.41 bits per heavy atom. The van der Waals surface area contributed by atoms with Crippen molar-refractivity contribution in [2.24, 2.45) is 0 Å². The Bertz CT molecular complexity index is 1300. The van der Waals surface area contributed by atoms with Crippen LogP contribution < -0.4 is 4.90 Å². The molecule has 0 unspecified atom stereocenters. The molecule has 3 heterocycles. The number of nitrogens with zero attached hydrogens (tertiary/aromatic N) is 5. The van der Waals surface area contributed by atoms with E-state index in [1.807, 2.05) is 48.2 Å². The molecule has 8 heteroatoms. The van der Waals surface area contributed by atoms with Crippen molar-refractivity contribution in [1.29, 1.82) is 0 Å². The maximum absolute atomic E-state index is 14.1. The number of amides is 1. The van der Waals surface area contributed by atoms with Crippen LogP contribution in [-0.4, -0.2) is 51.8 Å². The molecule has 0 radical (unpaired) electrons. The monoisotopic (exact) mass is 449 g/mol. The number of hydrogen-bond donors (Lipinski definition) is 0. The number of aromatic nitrogens is 3. The standard InChI is InChI=1S/C24H21ClFN5O/c1-16-21-22(25)18(15-27-23(21)31(28-16)17-7-3-2-4-8-17)24(32)30-13-11-29(12-14-30)20-10-6-5-9-19(20)26/h2-10,15H,11-14H2,1H3. The molecule has 1 aliphatic heterocycles. The third-order valence-corrected chi connectivity index (χ3v) is 6.19. The van der Waals surface area contributed by atoms with Crippen molar-refractivity contribution in [2.45, 2.75) is 6.92 Å². The highest BCUT2D eigenvalue weighted by Gasteiger charge is 2.27. The van der Waals surface area contributed by atoms with Crippen molar-refractivity contribution in [3.05, 3.63) is 82.9 Å². The minimum absolute atomic E-state index is 0.176. The summed E-state index contributed by atoms with van der Waals surface area (Å²) in [5.74, 6) is -0.430. The number of carbonyl (C=O) groups excluding carboxylic acids is 1. The number of anilines is 1. The summed E-state index contributed by atoms with van der Waals surface area (Å²) in [7, 11) is 0. The first-order chi connectivity index (χ1) is 15.5. The first-order valence-corrected chi connectivity index (χ1v) is 10.8. The lowest BCUT2D eigenvalue weighted by atomic mass is 10.1. The highest BCUT2D eigenvalue weighted by atomic mass is 35.5. The van der Waals surface area contributed by atoms with Crippen LogP contribution in [-0.2, 0) is 0 Å². The number of fused-ring (bicyclic) bond motifs is 1. The summed E-state index contributed by atoms with van der Waals surface area (Å²) in [6.45, 7) is 3.90. The Kier molecular flexibility index (Phi) is 5.27. The molecule has 0 atom stereocenters. The summed E-state index contributed by atoms with van der Waals surface area (Å²) in [6, 6.07) is 16.4. The molecule has 6 nitrogen and oxygen atoms in total. The first-order valence-electron chi connectivity index (χ1n) is 10.4. The van der Waals surface area contributed by atoms with E-state index in [-0.39, 0.29) is 11.7 Å². The molecule has 162 valence electrons. The molecular weight excluding hydrogens is 429 g/mol. The number of piperazine rings is 1. The molecular formula is C24H21ClFN5O. The van der Waals surface area contributed by atoms with Gasteiger partial charge in [-0.3, -0.25) is 4.79 Å². The summed E-state index contributed by atoms with van der Waals surface area (Å²) in [4.78, 5) is 21.5. The fourth-order valence-electron chi connectivity index (χ4n) is 4.14. The van der Waals surface area contributed by atoms with Crippen LogP contribution in [0.3, 0.4) is 0 Å². The average molecular weight is 450 g/mol. The second-order valence-electron chi connectivity index (χ2n) is 7.75. The molecule has 1 saturated heterocycles. The molecule has 0 bridgehead atoms. The van der Waals surface area contributed by atoms with E-state index in [0.717, 1.165) is 5.69 Å². The smallest absolute Gasteiger partial charge is 0.257 e. The minimum Gasteiger partial charge on any atom is -0.366 e. The van der Waals surface area contributed by atoms with Gasteiger partial charge in [0.25, 0.3) is 5.91 Å². The van der Waals surface area contributed by atoms with Gasteiger partial charge in [0.15, 0.2) is 5.65 Å². The summed E-state index contributed by atoms with van der Waals surface area (Å²) in [6.07, 6.45) is 1.52. The summed E-state index contributed by atoms with van der Waals surface area (Å²) >= 11 is 6.71. The van der Waals surface area contributed by atoms with Crippen LogP contribution in [0.4, 0.5) is 10.1 Å². The van der Waals surface area contributed by atoms with E-state index in [4.69, 9.17) is 11.6 Å². The molecule has 1 fully saturated rings. The van der Waals surface area contributed by atoms with E-state index < -0.39 is 0 Å². The minimum atomic E-state index is -0.254. The van der Waals surface area contributed by atoms with Crippen LogP contribution in [0.25, 0.3) is 16.7 Å². The quantitative estimate of drug-likeness (QED) is 0.462. The maximum atomic E-state index is 14.1.